The summed E-state index contributed by atoms with van der Waals surface area (Å²) in [5.41, 5.74) is 1.20. The van der Waals surface area contributed by atoms with Gasteiger partial charge in [-0.25, -0.2) is 0 Å². The van der Waals surface area contributed by atoms with Crippen LogP contribution in [0, 0.1) is 17.8 Å². The topological polar surface area (TPSA) is 67.4 Å². The second kappa shape index (κ2) is 12.3. The molecule has 3 aliphatic rings. The van der Waals surface area contributed by atoms with Crippen molar-refractivity contribution in [1.29, 1.82) is 0 Å². The fourth-order valence-corrected chi connectivity index (χ4v) is 4.80. The molecule has 1 heterocycles. The Morgan fingerprint density at radius 3 is 2.22 bits per heavy atom. The fraction of sp³-hybridized carbons (Fsp3) is 0.708. The van der Waals surface area contributed by atoms with Gasteiger partial charge in [0.05, 0.1) is 33.5 Å². The molecule has 3 fully saturated rings. The van der Waals surface area contributed by atoms with E-state index in [4.69, 9.17) is 14.2 Å². The summed E-state index contributed by atoms with van der Waals surface area (Å²) < 4.78 is 16.6. The number of aliphatic imine (C=N–C) groups is 1. The van der Waals surface area contributed by atoms with Crippen molar-refractivity contribution in [2.75, 3.05) is 60.7 Å². The second-order valence-electron chi connectivity index (χ2n) is 8.95. The van der Waals surface area contributed by atoms with E-state index in [2.05, 4.69) is 32.7 Å². The number of guanidine groups is 1. The smallest absolute Gasteiger partial charge is 0.191 e. The van der Waals surface area contributed by atoms with Gasteiger partial charge in [0.15, 0.2) is 17.5 Å². The molecule has 1 saturated heterocycles. The standard InChI is InChI=1S/C24H38N4O3.HI/c1-25-24(26-15-20(17-4-5-17)18-6-7-18)27-16-21(28-10-12-31-13-11-28)19-8-9-22(29-2)23(14-19)30-3;/h8-9,14,17-18,20-21H,4-7,10-13,15-16H2,1-3H3,(H2,25,26,27);1H. The van der Waals surface area contributed by atoms with Crippen molar-refractivity contribution in [1.82, 2.24) is 15.5 Å². The van der Waals surface area contributed by atoms with Crippen molar-refractivity contribution in [3.63, 3.8) is 0 Å². The Balaban J connectivity index is 0.00000289. The van der Waals surface area contributed by atoms with Crippen LogP contribution in [-0.4, -0.2) is 71.5 Å². The van der Waals surface area contributed by atoms with Gasteiger partial charge in [-0.15, -0.1) is 24.0 Å². The van der Waals surface area contributed by atoms with Crippen LogP contribution in [-0.2, 0) is 4.74 Å². The van der Waals surface area contributed by atoms with Crippen LogP contribution in [0.15, 0.2) is 23.2 Å². The molecule has 0 radical (unpaired) electrons. The molecule has 7 nitrogen and oxygen atoms in total. The second-order valence-corrected chi connectivity index (χ2v) is 8.95. The van der Waals surface area contributed by atoms with E-state index in [9.17, 15) is 0 Å². The van der Waals surface area contributed by atoms with Crippen LogP contribution in [0.4, 0.5) is 0 Å². The van der Waals surface area contributed by atoms with E-state index in [0.717, 1.165) is 74.6 Å². The number of benzene rings is 1. The van der Waals surface area contributed by atoms with E-state index < -0.39 is 0 Å². The van der Waals surface area contributed by atoms with E-state index >= 15 is 0 Å². The molecule has 1 aromatic rings. The van der Waals surface area contributed by atoms with Gasteiger partial charge in [-0.1, -0.05) is 6.07 Å². The number of hydrogen-bond donors (Lipinski definition) is 2. The number of rotatable bonds is 10. The Morgan fingerprint density at radius 1 is 1.03 bits per heavy atom. The van der Waals surface area contributed by atoms with E-state index in [-0.39, 0.29) is 30.0 Å². The average Bonchev–Trinajstić information content (AvgIpc) is 3.73. The van der Waals surface area contributed by atoms with E-state index in [0.29, 0.717) is 0 Å². The normalized spacial score (nSPS) is 20.4. The van der Waals surface area contributed by atoms with Gasteiger partial charge >= 0.3 is 0 Å². The highest BCUT2D eigenvalue weighted by Gasteiger charge is 2.41. The minimum Gasteiger partial charge on any atom is -0.493 e. The zero-order valence-corrected chi connectivity index (χ0v) is 22.0. The summed E-state index contributed by atoms with van der Waals surface area (Å²) in [5, 5.41) is 7.20. The minimum absolute atomic E-state index is 0. The molecule has 1 aromatic carbocycles. The fourth-order valence-electron chi connectivity index (χ4n) is 4.80. The molecule has 1 atom stereocenters. The van der Waals surface area contributed by atoms with Gasteiger partial charge in [-0.05, 0) is 61.1 Å². The number of hydrogen-bond acceptors (Lipinski definition) is 5. The van der Waals surface area contributed by atoms with Gasteiger partial charge in [0.25, 0.3) is 0 Å². The lowest BCUT2D eigenvalue weighted by molar-refractivity contribution is 0.0169. The molecular formula is C24H39IN4O3. The highest BCUT2D eigenvalue weighted by atomic mass is 127. The summed E-state index contributed by atoms with van der Waals surface area (Å²) in [5.74, 6) is 5.10. The number of methoxy groups -OCH3 is 2. The predicted octanol–water partition coefficient (Wildman–Crippen LogP) is 3.30. The third-order valence-corrected chi connectivity index (χ3v) is 6.93. The number of halogens is 1. The molecule has 0 amide bonds. The highest BCUT2D eigenvalue weighted by molar-refractivity contribution is 14.0. The molecule has 0 bridgehead atoms. The number of nitrogens with one attached hydrogen (secondary N) is 2. The van der Waals surface area contributed by atoms with Gasteiger partial charge in [-0.2, -0.15) is 0 Å². The number of nitrogens with zero attached hydrogens (tertiary/aromatic N) is 2. The predicted molar refractivity (Wildman–Crippen MR) is 138 cm³/mol. The maximum Gasteiger partial charge on any atom is 0.191 e. The Morgan fingerprint density at radius 2 is 1.66 bits per heavy atom. The average molecular weight is 559 g/mol. The van der Waals surface area contributed by atoms with Gasteiger partial charge in [0.2, 0.25) is 0 Å². The lowest BCUT2D eigenvalue weighted by Crippen LogP contribution is -2.47. The van der Waals surface area contributed by atoms with Gasteiger partial charge in [0, 0.05) is 33.2 Å². The third kappa shape index (κ3) is 6.63. The highest BCUT2D eigenvalue weighted by Crippen LogP contribution is 2.48. The quantitative estimate of drug-likeness (QED) is 0.261. The molecule has 4 rings (SSSR count). The van der Waals surface area contributed by atoms with E-state index in [1.165, 1.54) is 31.2 Å². The van der Waals surface area contributed by atoms with Crippen LogP contribution in [0.1, 0.15) is 37.3 Å². The molecule has 8 heteroatoms. The van der Waals surface area contributed by atoms with E-state index in [1.54, 1.807) is 14.2 Å². The molecule has 0 spiro atoms. The Kier molecular flexibility index (Phi) is 9.73. The summed E-state index contributed by atoms with van der Waals surface area (Å²) >= 11 is 0. The molecule has 2 aliphatic carbocycles. The first-order chi connectivity index (χ1) is 15.2. The van der Waals surface area contributed by atoms with E-state index in [1.807, 2.05) is 13.1 Å². The molecule has 180 valence electrons. The summed E-state index contributed by atoms with van der Waals surface area (Å²) in [6.45, 7) is 5.17. The number of ether oxygens (including phenoxy) is 3. The Hall–Kier alpha value is -1.26. The minimum atomic E-state index is 0. The molecule has 0 aromatic heterocycles. The third-order valence-electron chi connectivity index (χ3n) is 6.93. The maximum absolute atomic E-state index is 5.59. The first kappa shape index (κ1) is 25.4. The van der Waals surface area contributed by atoms with Gasteiger partial charge in [0.1, 0.15) is 0 Å². The van der Waals surface area contributed by atoms with Gasteiger partial charge < -0.3 is 24.8 Å². The lowest BCUT2D eigenvalue weighted by atomic mass is 9.98. The van der Waals surface area contributed by atoms with Crippen LogP contribution >= 0.6 is 24.0 Å². The van der Waals surface area contributed by atoms with Crippen LogP contribution < -0.4 is 20.1 Å². The molecule has 32 heavy (non-hydrogen) atoms. The summed E-state index contributed by atoms with van der Waals surface area (Å²) in [7, 11) is 5.22. The molecule has 1 unspecified atom stereocenters. The first-order valence-corrected chi connectivity index (χ1v) is 11.7. The van der Waals surface area contributed by atoms with Crippen molar-refractivity contribution in [2.45, 2.75) is 31.7 Å². The molecular weight excluding hydrogens is 519 g/mol. The SMILES string of the molecule is CN=C(NCC(C1CC1)C1CC1)NCC(c1ccc(OC)c(OC)c1)N1CCOCC1.I. The maximum atomic E-state index is 5.59. The van der Waals surface area contributed by atoms with Gasteiger partial charge in [-0.3, -0.25) is 9.89 Å². The zero-order chi connectivity index (χ0) is 21.6. The monoisotopic (exact) mass is 558 g/mol. The van der Waals surface area contributed by atoms with Crippen molar-refractivity contribution in [3.05, 3.63) is 23.8 Å². The number of morpholine rings is 1. The van der Waals surface area contributed by atoms with Crippen molar-refractivity contribution in [2.24, 2.45) is 22.7 Å². The van der Waals surface area contributed by atoms with Crippen LogP contribution in [0.2, 0.25) is 0 Å². The zero-order valence-electron chi connectivity index (χ0n) is 19.6. The summed E-state index contributed by atoms with van der Waals surface area (Å²) in [6.07, 6.45) is 5.64. The van der Waals surface area contributed by atoms with Crippen molar-refractivity contribution >= 4 is 29.9 Å². The lowest BCUT2D eigenvalue weighted by Gasteiger charge is -2.35. The summed E-state index contributed by atoms with van der Waals surface area (Å²) in [4.78, 5) is 6.97. The van der Waals surface area contributed by atoms with Crippen molar-refractivity contribution in [3.8, 4) is 11.5 Å². The Labute approximate surface area is 209 Å². The van der Waals surface area contributed by atoms with Crippen LogP contribution in [0.25, 0.3) is 0 Å². The van der Waals surface area contributed by atoms with Crippen molar-refractivity contribution < 1.29 is 14.2 Å². The molecule has 2 saturated carbocycles. The molecule has 2 N–H and O–H groups in total. The Bertz CT molecular complexity index is 737. The van der Waals surface area contributed by atoms with Crippen LogP contribution in [0.3, 0.4) is 0 Å². The largest absolute Gasteiger partial charge is 0.493 e. The molecule has 1 aliphatic heterocycles. The summed E-state index contributed by atoms with van der Waals surface area (Å²) in [6, 6.07) is 6.41. The van der Waals surface area contributed by atoms with Crippen LogP contribution in [0.5, 0.6) is 11.5 Å². The first-order valence-electron chi connectivity index (χ1n) is 11.7.